The van der Waals surface area contributed by atoms with Gasteiger partial charge in [0.05, 0.1) is 42.2 Å². The smallest absolute Gasteiger partial charge is 0.307 e. The highest BCUT2D eigenvalue weighted by Gasteiger charge is 2.62. The van der Waals surface area contributed by atoms with Gasteiger partial charge in [0, 0.05) is 12.8 Å². The van der Waals surface area contributed by atoms with Crippen LogP contribution in [0.1, 0.15) is 91.2 Å². The van der Waals surface area contributed by atoms with Crippen LogP contribution >= 0.6 is 0 Å². The number of amides is 2. The number of esters is 1. The summed E-state index contributed by atoms with van der Waals surface area (Å²) >= 11 is 0. The Morgan fingerprint density at radius 1 is 0.877 bits per heavy atom. The maximum atomic E-state index is 15.1. The number of hydrogen-bond acceptors (Lipinski definition) is 8. The summed E-state index contributed by atoms with van der Waals surface area (Å²) in [5, 5.41) is -0.618. The summed E-state index contributed by atoms with van der Waals surface area (Å²) in [6.07, 6.45) is 2.39. The summed E-state index contributed by atoms with van der Waals surface area (Å²) in [6, 6.07) is 26.5. The van der Waals surface area contributed by atoms with Crippen LogP contribution in [-0.2, 0) is 50.9 Å². The van der Waals surface area contributed by atoms with Gasteiger partial charge >= 0.3 is 5.97 Å². The van der Waals surface area contributed by atoms with E-state index in [0.29, 0.717) is 12.8 Å². The van der Waals surface area contributed by atoms with Crippen LogP contribution in [0, 0.1) is 22.7 Å². The molecule has 304 valence electrons. The molecule has 3 aromatic carbocycles. The average molecular weight is 797 g/mol. The van der Waals surface area contributed by atoms with Crippen molar-refractivity contribution in [2.75, 3.05) is 6.54 Å². The molecule has 0 spiro atoms. The number of benzene rings is 3. The first-order chi connectivity index (χ1) is 26.8. The maximum absolute atomic E-state index is 15.1. The van der Waals surface area contributed by atoms with Gasteiger partial charge in [0.25, 0.3) is 0 Å². The Kier molecular flexibility index (Phi) is 11.8. The Hall–Kier alpha value is -4.61. The van der Waals surface area contributed by atoms with E-state index in [1.54, 1.807) is 26.8 Å². The standard InChI is InChI=1S/C46H56N2O8S/c1-8-34-26-45(34,42(52)47-57(53,54)36-23-24-36)28-39(49)38-27-46(55-29-31-15-11-9-12-16-31,35-21-19-33(20-22-35)32-17-13-10-14-18-32)30-48(38)41(51)37(43(2,3)4)25-40(50)56-44(5,6)7/h8-22,34,36-38H,1,23-30H2,2-7H3,(H,47,52)/t34-,37-,38-,45-,46+/m1/s1. The highest BCUT2D eigenvalue weighted by molar-refractivity contribution is 7.90. The van der Waals surface area contributed by atoms with E-state index >= 15 is 4.79 Å². The molecule has 5 atom stereocenters. The molecule has 57 heavy (non-hydrogen) atoms. The van der Waals surface area contributed by atoms with Crippen LogP contribution in [0.3, 0.4) is 0 Å². The van der Waals surface area contributed by atoms with E-state index in [2.05, 4.69) is 11.3 Å². The minimum atomic E-state index is -3.88. The van der Waals surface area contributed by atoms with Crippen LogP contribution < -0.4 is 4.72 Å². The molecule has 2 amide bonds. The van der Waals surface area contributed by atoms with Gasteiger partial charge in [0.15, 0.2) is 5.78 Å². The highest BCUT2D eigenvalue weighted by atomic mass is 32.2. The highest BCUT2D eigenvalue weighted by Crippen LogP contribution is 2.57. The van der Waals surface area contributed by atoms with Gasteiger partial charge in [0.2, 0.25) is 21.8 Å². The van der Waals surface area contributed by atoms with Crippen LogP contribution in [0.2, 0.25) is 0 Å². The third-order valence-corrected chi connectivity index (χ3v) is 13.4. The van der Waals surface area contributed by atoms with Crippen molar-refractivity contribution < 1.29 is 37.1 Å². The quantitative estimate of drug-likeness (QED) is 0.123. The fourth-order valence-corrected chi connectivity index (χ4v) is 9.39. The molecule has 1 heterocycles. The molecule has 0 radical (unpaired) electrons. The van der Waals surface area contributed by atoms with Crippen LogP contribution in [0.5, 0.6) is 0 Å². The summed E-state index contributed by atoms with van der Waals surface area (Å²) in [5.41, 5.74) is -0.272. The number of allylic oxidation sites excluding steroid dienone is 1. The zero-order valence-corrected chi connectivity index (χ0v) is 34.8. The summed E-state index contributed by atoms with van der Waals surface area (Å²) in [4.78, 5) is 58.6. The number of nitrogens with one attached hydrogen (secondary N) is 1. The van der Waals surface area contributed by atoms with E-state index < -0.39 is 73.0 Å². The fraction of sp³-hybridized carbons (Fsp3) is 0.478. The lowest BCUT2D eigenvalue weighted by Crippen LogP contribution is -2.49. The van der Waals surface area contributed by atoms with Gasteiger partial charge in [-0.25, -0.2) is 8.42 Å². The molecule has 2 saturated carbocycles. The minimum Gasteiger partial charge on any atom is -0.460 e. The Balaban J connectivity index is 1.40. The van der Waals surface area contributed by atoms with Crippen molar-refractivity contribution in [1.82, 2.24) is 9.62 Å². The predicted molar refractivity (Wildman–Crippen MR) is 219 cm³/mol. The van der Waals surface area contributed by atoms with Crippen LogP contribution in [0.25, 0.3) is 11.1 Å². The first-order valence-electron chi connectivity index (χ1n) is 19.8. The second kappa shape index (κ2) is 16.0. The molecule has 1 N–H and O–H groups in total. The number of sulfonamides is 1. The molecule has 0 bridgehead atoms. The van der Waals surface area contributed by atoms with Crippen LogP contribution in [0.15, 0.2) is 97.6 Å². The molecule has 1 saturated heterocycles. The first kappa shape index (κ1) is 42.0. The van der Waals surface area contributed by atoms with Crippen LogP contribution in [-0.4, -0.2) is 60.3 Å². The number of likely N-dealkylation sites (tertiary alicyclic amines) is 1. The summed E-state index contributed by atoms with van der Waals surface area (Å²) in [7, 11) is -3.88. The summed E-state index contributed by atoms with van der Waals surface area (Å²) in [6.45, 7) is 15.0. The lowest BCUT2D eigenvalue weighted by molar-refractivity contribution is -0.161. The van der Waals surface area contributed by atoms with E-state index in [1.165, 1.54) is 4.90 Å². The SMILES string of the molecule is C=C[C@@H]1C[C@]1(CC(=O)[C@H]1C[C@@](OCc2ccccc2)(c2ccc(-c3ccccc3)cc2)CN1C(=O)[C@@H](CC(=O)OC(C)(C)C)C(C)(C)C)C(=O)NS(=O)(=O)C1CC1. The van der Waals surface area contributed by atoms with Gasteiger partial charge in [-0.1, -0.05) is 112 Å². The van der Waals surface area contributed by atoms with Crippen molar-refractivity contribution in [3.63, 3.8) is 0 Å². The normalized spacial score (nSPS) is 24.0. The largest absolute Gasteiger partial charge is 0.460 e. The number of carbonyl (C=O) groups excluding carboxylic acids is 4. The Bertz CT molecular complexity index is 2090. The Labute approximate surface area is 337 Å². The molecule has 3 fully saturated rings. The predicted octanol–water partition coefficient (Wildman–Crippen LogP) is 7.52. The number of ketones is 1. The van der Waals surface area contributed by atoms with Crippen molar-refractivity contribution >= 4 is 33.6 Å². The minimum absolute atomic E-state index is 0.000792. The Morgan fingerprint density at radius 3 is 2.02 bits per heavy atom. The number of hydrogen-bond donors (Lipinski definition) is 1. The molecule has 2 aliphatic carbocycles. The number of Topliss-reactive ketones (excluding diaryl/α,β-unsaturated/α-hetero) is 1. The molecule has 3 aromatic rings. The topological polar surface area (TPSA) is 136 Å². The molecule has 11 heteroatoms. The second-order valence-corrected chi connectivity index (χ2v) is 20.1. The second-order valence-electron chi connectivity index (χ2n) is 18.1. The number of nitrogens with zero attached hydrogens (tertiary/aromatic N) is 1. The summed E-state index contributed by atoms with van der Waals surface area (Å²) < 4.78 is 40.6. The zero-order valence-electron chi connectivity index (χ0n) is 34.0. The third kappa shape index (κ3) is 9.58. The van der Waals surface area contributed by atoms with Gasteiger partial charge in [-0.15, -0.1) is 6.58 Å². The fourth-order valence-electron chi connectivity index (χ4n) is 8.00. The molecular formula is C46H56N2O8S. The Morgan fingerprint density at radius 2 is 1.47 bits per heavy atom. The number of carbonyl (C=O) groups is 4. The van der Waals surface area contributed by atoms with Crippen molar-refractivity contribution in [1.29, 1.82) is 0 Å². The van der Waals surface area contributed by atoms with Crippen molar-refractivity contribution in [3.8, 4) is 11.1 Å². The van der Waals surface area contributed by atoms with Gasteiger partial charge in [0.1, 0.15) is 11.2 Å². The van der Waals surface area contributed by atoms with Gasteiger partial charge in [-0.2, -0.15) is 0 Å². The zero-order chi connectivity index (χ0) is 41.4. The van der Waals surface area contributed by atoms with E-state index in [9.17, 15) is 22.8 Å². The maximum Gasteiger partial charge on any atom is 0.307 e. The molecule has 10 nitrogen and oxygen atoms in total. The lowest BCUT2D eigenvalue weighted by atomic mass is 9.77. The molecular weight excluding hydrogens is 741 g/mol. The van der Waals surface area contributed by atoms with Gasteiger partial charge in [-0.05, 0) is 73.6 Å². The molecule has 0 aromatic heterocycles. The van der Waals surface area contributed by atoms with Crippen molar-refractivity contribution in [2.45, 2.75) is 109 Å². The van der Waals surface area contributed by atoms with E-state index in [4.69, 9.17) is 9.47 Å². The van der Waals surface area contributed by atoms with Gasteiger partial charge in [-0.3, -0.25) is 23.9 Å². The summed E-state index contributed by atoms with van der Waals surface area (Å²) in [5.74, 6) is -3.31. The van der Waals surface area contributed by atoms with Crippen LogP contribution in [0.4, 0.5) is 0 Å². The van der Waals surface area contributed by atoms with Crippen molar-refractivity contribution in [3.05, 3.63) is 109 Å². The monoisotopic (exact) mass is 796 g/mol. The molecule has 3 aliphatic rings. The molecule has 0 unspecified atom stereocenters. The van der Waals surface area contributed by atoms with Gasteiger partial charge < -0.3 is 14.4 Å². The number of ether oxygens (including phenoxy) is 2. The van der Waals surface area contributed by atoms with E-state index in [1.807, 2.05) is 106 Å². The number of rotatable bonds is 15. The van der Waals surface area contributed by atoms with E-state index in [-0.39, 0.29) is 44.6 Å². The molecule has 1 aliphatic heterocycles. The van der Waals surface area contributed by atoms with Crippen molar-refractivity contribution in [2.24, 2.45) is 22.7 Å². The first-order valence-corrected chi connectivity index (χ1v) is 21.4. The lowest BCUT2D eigenvalue weighted by Gasteiger charge is -2.36. The molecule has 6 rings (SSSR count). The average Bonchev–Trinajstić information content (AvgIpc) is 4.09. The van der Waals surface area contributed by atoms with E-state index in [0.717, 1.165) is 22.3 Å². The third-order valence-electron chi connectivity index (χ3n) is 11.5.